The Morgan fingerprint density at radius 2 is 1.42 bits per heavy atom. The van der Waals surface area contributed by atoms with Gasteiger partial charge in [0.15, 0.2) is 0 Å². The smallest absolute Gasteiger partial charge is 0.0321 e. The zero-order valence-electron chi connectivity index (χ0n) is 14.7. The van der Waals surface area contributed by atoms with E-state index in [4.69, 9.17) is 0 Å². The van der Waals surface area contributed by atoms with Gasteiger partial charge in [0.2, 0.25) is 0 Å². The lowest BCUT2D eigenvalue weighted by Crippen LogP contribution is -2.38. The summed E-state index contributed by atoms with van der Waals surface area (Å²) in [6.45, 7) is 17.2. The molecule has 0 aromatic carbocycles. The van der Waals surface area contributed by atoms with Gasteiger partial charge in [-0.2, -0.15) is 0 Å². The SMILES string of the molecule is CCCC(C)(C)CC1CC(C)(CC)CC(C)(CC)C1. The van der Waals surface area contributed by atoms with Gasteiger partial charge in [0, 0.05) is 0 Å². The fraction of sp³-hybridized carbons (Fsp3) is 1.00. The summed E-state index contributed by atoms with van der Waals surface area (Å²) in [7, 11) is 0. The van der Waals surface area contributed by atoms with E-state index in [2.05, 4.69) is 48.5 Å². The first kappa shape index (κ1) is 17.1. The summed E-state index contributed by atoms with van der Waals surface area (Å²) < 4.78 is 0. The summed E-state index contributed by atoms with van der Waals surface area (Å²) >= 11 is 0. The van der Waals surface area contributed by atoms with Crippen molar-refractivity contribution in [2.75, 3.05) is 0 Å². The quantitative estimate of drug-likeness (QED) is 0.494. The largest absolute Gasteiger partial charge is 0.0654 e. The molecular formula is C19H38. The number of hydrogen-bond donors (Lipinski definition) is 0. The van der Waals surface area contributed by atoms with Crippen LogP contribution in [0.5, 0.6) is 0 Å². The van der Waals surface area contributed by atoms with Crippen LogP contribution in [0.25, 0.3) is 0 Å². The molecule has 0 heteroatoms. The molecule has 1 fully saturated rings. The van der Waals surface area contributed by atoms with Crippen LogP contribution in [-0.2, 0) is 0 Å². The molecule has 2 atom stereocenters. The molecule has 0 spiro atoms. The van der Waals surface area contributed by atoms with E-state index in [0.29, 0.717) is 16.2 Å². The highest BCUT2D eigenvalue weighted by molar-refractivity contribution is 4.93. The molecule has 114 valence electrons. The molecule has 0 amide bonds. The normalized spacial score (nSPS) is 36.5. The van der Waals surface area contributed by atoms with E-state index in [9.17, 15) is 0 Å². The Hall–Kier alpha value is 0. The number of hydrogen-bond acceptors (Lipinski definition) is 0. The van der Waals surface area contributed by atoms with Crippen LogP contribution in [0.3, 0.4) is 0 Å². The van der Waals surface area contributed by atoms with Gasteiger partial charge in [-0.15, -0.1) is 0 Å². The lowest BCUT2D eigenvalue weighted by Gasteiger charge is -2.49. The van der Waals surface area contributed by atoms with Crippen molar-refractivity contribution in [2.45, 2.75) is 99.8 Å². The van der Waals surface area contributed by atoms with Crippen LogP contribution in [0, 0.1) is 22.2 Å². The summed E-state index contributed by atoms with van der Waals surface area (Å²) in [5.41, 5.74) is 1.73. The summed E-state index contributed by atoms with van der Waals surface area (Å²) in [6, 6.07) is 0. The minimum Gasteiger partial charge on any atom is -0.0654 e. The van der Waals surface area contributed by atoms with Crippen molar-refractivity contribution in [1.82, 2.24) is 0 Å². The molecule has 1 aliphatic rings. The minimum absolute atomic E-state index is 0.542. The standard InChI is InChI=1S/C19H38/c1-8-11-17(4,5)12-16-13-18(6,9-2)15-19(7,10-3)14-16/h16H,8-15H2,1-7H3. The molecule has 2 unspecified atom stereocenters. The highest BCUT2D eigenvalue weighted by Crippen LogP contribution is 2.54. The molecule has 0 bridgehead atoms. The molecular weight excluding hydrogens is 228 g/mol. The topological polar surface area (TPSA) is 0 Å². The third kappa shape index (κ3) is 4.80. The summed E-state index contributed by atoms with van der Waals surface area (Å²) in [4.78, 5) is 0. The second kappa shape index (κ2) is 6.19. The fourth-order valence-corrected chi connectivity index (χ4v) is 4.88. The molecule has 0 aromatic heterocycles. The Morgan fingerprint density at radius 3 is 1.79 bits per heavy atom. The first-order valence-electron chi connectivity index (χ1n) is 8.67. The van der Waals surface area contributed by atoms with Crippen molar-refractivity contribution >= 4 is 0 Å². The molecule has 0 aromatic rings. The van der Waals surface area contributed by atoms with Crippen molar-refractivity contribution in [3.8, 4) is 0 Å². The van der Waals surface area contributed by atoms with Crippen LogP contribution >= 0.6 is 0 Å². The third-order valence-corrected chi connectivity index (χ3v) is 5.89. The maximum Gasteiger partial charge on any atom is -0.0321 e. The summed E-state index contributed by atoms with van der Waals surface area (Å²) in [5.74, 6) is 0.949. The lowest BCUT2D eigenvalue weighted by atomic mass is 9.56. The predicted molar refractivity (Wildman–Crippen MR) is 87.4 cm³/mol. The van der Waals surface area contributed by atoms with E-state index in [1.54, 1.807) is 0 Å². The van der Waals surface area contributed by atoms with E-state index in [0.717, 1.165) is 5.92 Å². The minimum atomic E-state index is 0.542. The Balaban J connectivity index is 2.78. The van der Waals surface area contributed by atoms with Crippen molar-refractivity contribution < 1.29 is 0 Å². The number of rotatable bonds is 6. The van der Waals surface area contributed by atoms with Gasteiger partial charge in [0.25, 0.3) is 0 Å². The molecule has 0 radical (unpaired) electrons. The van der Waals surface area contributed by atoms with Crippen LogP contribution in [0.1, 0.15) is 99.8 Å². The van der Waals surface area contributed by atoms with Gasteiger partial charge in [-0.25, -0.2) is 0 Å². The van der Waals surface area contributed by atoms with Crippen LogP contribution in [0.15, 0.2) is 0 Å². The molecule has 19 heavy (non-hydrogen) atoms. The molecule has 1 rings (SSSR count). The maximum absolute atomic E-state index is 2.54. The second-order valence-corrected chi connectivity index (χ2v) is 8.90. The first-order chi connectivity index (χ1) is 8.67. The van der Waals surface area contributed by atoms with Crippen LogP contribution in [0.4, 0.5) is 0 Å². The van der Waals surface area contributed by atoms with Crippen molar-refractivity contribution in [3.05, 3.63) is 0 Å². The fourth-order valence-electron chi connectivity index (χ4n) is 4.88. The highest BCUT2D eigenvalue weighted by atomic mass is 14.5. The van der Waals surface area contributed by atoms with E-state index >= 15 is 0 Å². The molecule has 0 N–H and O–H groups in total. The molecule has 0 aliphatic heterocycles. The van der Waals surface area contributed by atoms with E-state index in [1.807, 2.05) is 0 Å². The average molecular weight is 267 g/mol. The maximum atomic E-state index is 2.54. The van der Waals surface area contributed by atoms with Gasteiger partial charge in [0.05, 0.1) is 0 Å². The lowest BCUT2D eigenvalue weighted by molar-refractivity contribution is 0.0179. The molecule has 1 saturated carbocycles. The van der Waals surface area contributed by atoms with Crippen molar-refractivity contribution in [3.63, 3.8) is 0 Å². The van der Waals surface area contributed by atoms with Crippen LogP contribution in [-0.4, -0.2) is 0 Å². The molecule has 1 aliphatic carbocycles. The Morgan fingerprint density at radius 1 is 0.947 bits per heavy atom. The van der Waals surface area contributed by atoms with Gasteiger partial charge in [-0.05, 0) is 54.3 Å². The van der Waals surface area contributed by atoms with Crippen LogP contribution in [0.2, 0.25) is 0 Å². The van der Waals surface area contributed by atoms with Gasteiger partial charge in [-0.1, -0.05) is 67.7 Å². The highest BCUT2D eigenvalue weighted by Gasteiger charge is 2.42. The second-order valence-electron chi connectivity index (χ2n) is 8.90. The van der Waals surface area contributed by atoms with Gasteiger partial charge >= 0.3 is 0 Å². The van der Waals surface area contributed by atoms with E-state index in [-0.39, 0.29) is 0 Å². The third-order valence-electron chi connectivity index (χ3n) is 5.89. The van der Waals surface area contributed by atoms with Crippen molar-refractivity contribution in [1.29, 1.82) is 0 Å². The Kier molecular flexibility index (Phi) is 5.55. The zero-order valence-corrected chi connectivity index (χ0v) is 14.7. The summed E-state index contributed by atoms with van der Waals surface area (Å²) in [5, 5.41) is 0. The van der Waals surface area contributed by atoms with E-state index < -0.39 is 0 Å². The molecule has 0 nitrogen and oxygen atoms in total. The summed E-state index contributed by atoms with van der Waals surface area (Å²) in [6.07, 6.45) is 11.2. The van der Waals surface area contributed by atoms with Crippen LogP contribution < -0.4 is 0 Å². The molecule has 0 saturated heterocycles. The predicted octanol–water partition coefficient (Wildman–Crippen LogP) is 6.84. The van der Waals surface area contributed by atoms with Crippen molar-refractivity contribution in [2.24, 2.45) is 22.2 Å². The Bertz CT molecular complexity index is 260. The van der Waals surface area contributed by atoms with Gasteiger partial charge in [0.1, 0.15) is 0 Å². The average Bonchev–Trinajstić information content (AvgIpc) is 2.27. The van der Waals surface area contributed by atoms with Gasteiger partial charge < -0.3 is 0 Å². The van der Waals surface area contributed by atoms with E-state index in [1.165, 1.54) is 51.4 Å². The molecule has 0 heterocycles. The zero-order chi connectivity index (χ0) is 14.7. The monoisotopic (exact) mass is 266 g/mol. The first-order valence-corrected chi connectivity index (χ1v) is 8.67. The van der Waals surface area contributed by atoms with Gasteiger partial charge in [-0.3, -0.25) is 0 Å². The Labute approximate surface area is 122 Å².